The molecule has 4 heterocycles. The van der Waals surface area contributed by atoms with Crippen molar-refractivity contribution in [2.75, 3.05) is 12.3 Å². The molecule has 2 aliphatic heterocycles. The van der Waals surface area contributed by atoms with Gasteiger partial charge in [-0.05, 0) is 25.8 Å². The van der Waals surface area contributed by atoms with E-state index in [1.165, 1.54) is 16.6 Å². The molecule has 2 fully saturated rings. The normalized spacial score (nSPS) is 23.4. The maximum atomic E-state index is 12.8. The first-order valence-corrected chi connectivity index (χ1v) is 9.84. The highest BCUT2D eigenvalue weighted by Crippen LogP contribution is 2.32. The van der Waals surface area contributed by atoms with E-state index >= 15 is 0 Å². The van der Waals surface area contributed by atoms with Crippen LogP contribution in [0.25, 0.3) is 10.2 Å². The van der Waals surface area contributed by atoms with Crippen molar-refractivity contribution >= 4 is 45.1 Å². The third kappa shape index (κ3) is 2.88. The van der Waals surface area contributed by atoms with Gasteiger partial charge < -0.3 is 10.2 Å². The molecule has 0 aliphatic carbocycles. The molecule has 2 bridgehead atoms. The summed E-state index contributed by atoms with van der Waals surface area (Å²) >= 11 is 3.10. The second-order valence-corrected chi connectivity index (χ2v) is 8.44. The Balaban J connectivity index is 1.49. The average molecular weight is 362 g/mol. The smallest absolute Gasteiger partial charge is 0.233 e. The number of aromatic nitrogens is 2. The molecule has 2 aromatic heterocycles. The third-order valence-electron chi connectivity index (χ3n) is 4.61. The van der Waals surface area contributed by atoms with Crippen molar-refractivity contribution in [3.8, 4) is 0 Å². The van der Waals surface area contributed by atoms with E-state index < -0.39 is 0 Å². The van der Waals surface area contributed by atoms with E-state index in [2.05, 4.69) is 21.4 Å². The van der Waals surface area contributed by atoms with Gasteiger partial charge >= 0.3 is 0 Å². The Labute approximate surface area is 148 Å². The molecule has 0 aromatic carbocycles. The summed E-state index contributed by atoms with van der Waals surface area (Å²) in [5.74, 6) is 0.504. The fourth-order valence-corrected chi connectivity index (χ4v) is 5.31. The van der Waals surface area contributed by atoms with E-state index in [9.17, 15) is 9.59 Å². The van der Waals surface area contributed by atoms with Crippen molar-refractivity contribution < 1.29 is 9.59 Å². The molecule has 2 saturated heterocycles. The van der Waals surface area contributed by atoms with Gasteiger partial charge in [0, 0.05) is 35.3 Å². The number of aryl methyl sites for hydroxylation is 1. The van der Waals surface area contributed by atoms with E-state index in [-0.39, 0.29) is 23.9 Å². The van der Waals surface area contributed by atoms with Crippen molar-refractivity contribution in [1.82, 2.24) is 20.2 Å². The van der Waals surface area contributed by atoms with Crippen LogP contribution in [-0.4, -0.2) is 51.1 Å². The zero-order valence-electron chi connectivity index (χ0n) is 13.3. The summed E-state index contributed by atoms with van der Waals surface area (Å²) in [6.07, 6.45) is 3.89. The number of hydrogen-bond acceptors (Lipinski definition) is 6. The van der Waals surface area contributed by atoms with Crippen LogP contribution in [0.15, 0.2) is 17.4 Å². The number of carbonyl (C=O) groups excluding carboxylic acids is 2. The summed E-state index contributed by atoms with van der Waals surface area (Å²) < 4.78 is 0. The summed E-state index contributed by atoms with van der Waals surface area (Å²) in [6, 6.07) is 2.27. The van der Waals surface area contributed by atoms with Crippen molar-refractivity contribution in [2.45, 2.75) is 43.3 Å². The first kappa shape index (κ1) is 15.8. The lowest BCUT2D eigenvalue weighted by Crippen LogP contribution is -2.43. The van der Waals surface area contributed by atoms with Crippen LogP contribution >= 0.6 is 23.1 Å². The largest absolute Gasteiger partial charge is 0.354 e. The maximum absolute atomic E-state index is 12.8. The van der Waals surface area contributed by atoms with Gasteiger partial charge in [0.15, 0.2) is 0 Å². The first-order chi connectivity index (χ1) is 11.6. The number of nitrogens with one attached hydrogen (secondary N) is 1. The van der Waals surface area contributed by atoms with Gasteiger partial charge in [-0.1, -0.05) is 11.8 Å². The van der Waals surface area contributed by atoms with Gasteiger partial charge in [-0.3, -0.25) is 9.59 Å². The van der Waals surface area contributed by atoms with Gasteiger partial charge in [-0.15, -0.1) is 11.3 Å². The summed E-state index contributed by atoms with van der Waals surface area (Å²) in [6.45, 7) is 2.62. The minimum atomic E-state index is 0.0545. The van der Waals surface area contributed by atoms with Gasteiger partial charge in [0.05, 0.1) is 5.75 Å². The standard InChI is InChI=1S/C16H18N4O2S2/c1-9-4-12-15(18-8-19-16(12)24-9)23-7-14(22)20-10-2-3-11(20)6-17-13(21)5-10/h4,8,10-11H,2-3,5-7H2,1H3,(H,17,21)/t10-,11+/m1/s1. The molecule has 6 nitrogen and oxygen atoms in total. The summed E-state index contributed by atoms with van der Waals surface area (Å²) in [4.78, 5) is 37.2. The summed E-state index contributed by atoms with van der Waals surface area (Å²) in [7, 11) is 0. The van der Waals surface area contributed by atoms with Crippen LogP contribution in [0, 0.1) is 6.92 Å². The molecule has 0 radical (unpaired) electrons. The Bertz CT molecular complexity index is 806. The SMILES string of the molecule is Cc1cc2c(SCC(=O)N3[C@@H]4CC[C@H]3CNC(=O)C4)ncnc2s1. The van der Waals surface area contributed by atoms with E-state index in [1.807, 2.05) is 11.8 Å². The maximum Gasteiger partial charge on any atom is 0.233 e. The zero-order chi connectivity index (χ0) is 16.7. The predicted octanol–water partition coefficient (Wildman–Crippen LogP) is 1.97. The number of thioether (sulfide) groups is 1. The van der Waals surface area contributed by atoms with Gasteiger partial charge in [0.25, 0.3) is 0 Å². The minimum absolute atomic E-state index is 0.0545. The molecule has 0 saturated carbocycles. The predicted molar refractivity (Wildman–Crippen MR) is 94.2 cm³/mol. The Morgan fingerprint density at radius 2 is 2.25 bits per heavy atom. The second-order valence-electron chi connectivity index (χ2n) is 6.24. The van der Waals surface area contributed by atoms with Gasteiger partial charge in [0.2, 0.25) is 11.8 Å². The Kier molecular flexibility index (Phi) is 4.17. The first-order valence-electron chi connectivity index (χ1n) is 8.03. The third-order valence-corrected chi connectivity index (χ3v) is 6.56. The molecule has 1 N–H and O–H groups in total. The quantitative estimate of drug-likeness (QED) is 0.667. The molecule has 2 amide bonds. The van der Waals surface area contributed by atoms with E-state index in [4.69, 9.17) is 0 Å². The highest BCUT2D eigenvalue weighted by molar-refractivity contribution is 8.00. The molecule has 126 valence electrons. The van der Waals surface area contributed by atoms with Crippen molar-refractivity contribution in [3.63, 3.8) is 0 Å². The highest BCUT2D eigenvalue weighted by Gasteiger charge is 2.39. The molecule has 8 heteroatoms. The van der Waals surface area contributed by atoms with Crippen LogP contribution in [0.3, 0.4) is 0 Å². The van der Waals surface area contributed by atoms with E-state index in [1.54, 1.807) is 17.7 Å². The van der Waals surface area contributed by atoms with Crippen LogP contribution < -0.4 is 5.32 Å². The molecule has 0 spiro atoms. The summed E-state index contributed by atoms with van der Waals surface area (Å²) in [5, 5.41) is 4.78. The molecule has 2 aliphatic rings. The lowest BCUT2D eigenvalue weighted by atomic mass is 10.1. The van der Waals surface area contributed by atoms with Gasteiger partial charge in [0.1, 0.15) is 16.2 Å². The lowest BCUT2D eigenvalue weighted by molar-refractivity contribution is -0.131. The molecule has 2 atom stereocenters. The average Bonchev–Trinajstić information content (AvgIpc) is 3.07. The monoisotopic (exact) mass is 362 g/mol. The van der Waals surface area contributed by atoms with Crippen molar-refractivity contribution in [1.29, 1.82) is 0 Å². The van der Waals surface area contributed by atoms with Crippen LogP contribution in [0.2, 0.25) is 0 Å². The molecule has 4 rings (SSSR count). The van der Waals surface area contributed by atoms with Crippen LogP contribution in [0.5, 0.6) is 0 Å². The van der Waals surface area contributed by atoms with E-state index in [0.29, 0.717) is 18.7 Å². The second kappa shape index (κ2) is 6.33. The number of amides is 2. The molecular weight excluding hydrogens is 344 g/mol. The number of carbonyl (C=O) groups is 2. The van der Waals surface area contributed by atoms with Crippen molar-refractivity contribution in [2.24, 2.45) is 0 Å². The van der Waals surface area contributed by atoms with Crippen LogP contribution in [-0.2, 0) is 9.59 Å². The number of fused-ring (bicyclic) bond motifs is 3. The molecule has 24 heavy (non-hydrogen) atoms. The number of thiophene rings is 1. The number of rotatable bonds is 3. The van der Waals surface area contributed by atoms with Crippen LogP contribution in [0.4, 0.5) is 0 Å². The highest BCUT2D eigenvalue weighted by atomic mass is 32.2. The van der Waals surface area contributed by atoms with Crippen LogP contribution in [0.1, 0.15) is 24.1 Å². The molecular formula is C16H18N4O2S2. The Hall–Kier alpha value is -1.67. The zero-order valence-corrected chi connectivity index (χ0v) is 15.0. The Morgan fingerprint density at radius 1 is 1.42 bits per heavy atom. The van der Waals surface area contributed by atoms with E-state index in [0.717, 1.165) is 28.1 Å². The molecule has 2 aromatic rings. The topological polar surface area (TPSA) is 75.2 Å². The fraction of sp³-hybridized carbons (Fsp3) is 0.500. The number of hydrogen-bond donors (Lipinski definition) is 1. The van der Waals surface area contributed by atoms with Crippen molar-refractivity contribution in [3.05, 3.63) is 17.3 Å². The Morgan fingerprint density at radius 3 is 3.12 bits per heavy atom. The van der Waals surface area contributed by atoms with Gasteiger partial charge in [-0.2, -0.15) is 0 Å². The fourth-order valence-electron chi connectivity index (χ4n) is 3.56. The summed E-state index contributed by atoms with van der Waals surface area (Å²) in [5.41, 5.74) is 0. The van der Waals surface area contributed by atoms with Gasteiger partial charge in [-0.25, -0.2) is 9.97 Å². The minimum Gasteiger partial charge on any atom is -0.354 e. The number of nitrogens with zero attached hydrogens (tertiary/aromatic N) is 3. The lowest BCUT2D eigenvalue weighted by Gasteiger charge is -2.27. The molecule has 0 unspecified atom stereocenters.